The van der Waals surface area contributed by atoms with E-state index >= 15 is 0 Å². The molecule has 1 aliphatic rings. The summed E-state index contributed by atoms with van der Waals surface area (Å²) >= 11 is 0. The Kier molecular flexibility index (Phi) is 4.01. The summed E-state index contributed by atoms with van der Waals surface area (Å²) < 4.78 is 5.42. The number of hydrogen-bond donors (Lipinski definition) is 0. The number of fused-ring (bicyclic) bond motifs is 2. The SMILES string of the molecule is C=C1c2ccccc2C(=O)N1CC(=O)OCc1cccc2ccccc12. The van der Waals surface area contributed by atoms with E-state index in [1.165, 1.54) is 4.90 Å². The highest BCUT2D eigenvalue weighted by Crippen LogP contribution is 2.30. The lowest BCUT2D eigenvalue weighted by Crippen LogP contribution is -2.30. The summed E-state index contributed by atoms with van der Waals surface area (Å²) in [6.45, 7) is 3.96. The van der Waals surface area contributed by atoms with Gasteiger partial charge in [-0.15, -0.1) is 0 Å². The molecule has 0 spiro atoms. The van der Waals surface area contributed by atoms with Crippen LogP contribution in [0.1, 0.15) is 21.5 Å². The summed E-state index contributed by atoms with van der Waals surface area (Å²) in [5, 5.41) is 2.15. The van der Waals surface area contributed by atoms with Crippen LogP contribution in [-0.2, 0) is 16.1 Å². The molecule has 128 valence electrons. The maximum atomic E-state index is 12.4. The van der Waals surface area contributed by atoms with Gasteiger partial charge in [-0.25, -0.2) is 0 Å². The number of amides is 1. The molecule has 0 bridgehead atoms. The second-order valence-corrected chi connectivity index (χ2v) is 6.18. The molecule has 0 aromatic heterocycles. The smallest absolute Gasteiger partial charge is 0.326 e. The number of benzene rings is 3. The van der Waals surface area contributed by atoms with Crippen LogP contribution in [0.4, 0.5) is 0 Å². The van der Waals surface area contributed by atoms with Gasteiger partial charge in [0.2, 0.25) is 0 Å². The molecule has 0 saturated carbocycles. The van der Waals surface area contributed by atoms with E-state index in [9.17, 15) is 9.59 Å². The first kappa shape index (κ1) is 16.1. The van der Waals surface area contributed by atoms with Gasteiger partial charge in [-0.3, -0.25) is 14.5 Å². The van der Waals surface area contributed by atoms with Gasteiger partial charge in [0, 0.05) is 16.8 Å². The number of rotatable bonds is 4. The van der Waals surface area contributed by atoms with Gasteiger partial charge in [-0.2, -0.15) is 0 Å². The van der Waals surface area contributed by atoms with Gasteiger partial charge in [0.25, 0.3) is 5.91 Å². The van der Waals surface area contributed by atoms with Gasteiger partial charge in [-0.1, -0.05) is 67.2 Å². The number of carbonyl (C=O) groups excluding carboxylic acids is 2. The van der Waals surface area contributed by atoms with Crippen molar-refractivity contribution in [2.24, 2.45) is 0 Å². The minimum absolute atomic E-state index is 0.142. The lowest BCUT2D eigenvalue weighted by Gasteiger charge is -2.16. The van der Waals surface area contributed by atoms with Crippen molar-refractivity contribution in [3.05, 3.63) is 90.0 Å². The molecule has 3 aromatic rings. The fourth-order valence-electron chi connectivity index (χ4n) is 3.25. The van der Waals surface area contributed by atoms with Gasteiger partial charge in [-0.05, 0) is 22.4 Å². The summed E-state index contributed by atoms with van der Waals surface area (Å²) in [5.41, 5.74) is 2.80. The molecule has 4 rings (SSSR count). The fourth-order valence-corrected chi connectivity index (χ4v) is 3.25. The highest BCUT2D eigenvalue weighted by atomic mass is 16.5. The third-order valence-corrected chi connectivity index (χ3v) is 4.60. The van der Waals surface area contributed by atoms with Crippen molar-refractivity contribution in [2.45, 2.75) is 6.61 Å². The van der Waals surface area contributed by atoms with Crippen LogP contribution < -0.4 is 0 Å². The second-order valence-electron chi connectivity index (χ2n) is 6.18. The topological polar surface area (TPSA) is 46.6 Å². The largest absolute Gasteiger partial charge is 0.459 e. The first-order valence-electron chi connectivity index (χ1n) is 8.37. The van der Waals surface area contributed by atoms with Crippen LogP contribution in [0.25, 0.3) is 16.5 Å². The number of esters is 1. The molecule has 0 unspecified atom stereocenters. The lowest BCUT2D eigenvalue weighted by atomic mass is 10.1. The van der Waals surface area contributed by atoms with Gasteiger partial charge >= 0.3 is 5.97 Å². The molecule has 1 heterocycles. The minimum atomic E-state index is -0.458. The van der Waals surface area contributed by atoms with Crippen molar-refractivity contribution >= 4 is 28.3 Å². The van der Waals surface area contributed by atoms with E-state index in [1.807, 2.05) is 54.6 Å². The molecule has 0 saturated heterocycles. The Hall–Kier alpha value is -3.40. The Morgan fingerprint density at radius 2 is 1.62 bits per heavy atom. The molecule has 1 aliphatic heterocycles. The molecule has 3 aromatic carbocycles. The van der Waals surface area contributed by atoms with Crippen molar-refractivity contribution in [1.82, 2.24) is 4.90 Å². The first-order chi connectivity index (χ1) is 12.6. The number of nitrogens with zero attached hydrogens (tertiary/aromatic N) is 1. The third kappa shape index (κ3) is 2.75. The zero-order valence-electron chi connectivity index (χ0n) is 14.1. The van der Waals surface area contributed by atoms with Crippen molar-refractivity contribution in [3.8, 4) is 0 Å². The molecule has 0 aliphatic carbocycles. The van der Waals surface area contributed by atoms with Crippen LogP contribution in [0.3, 0.4) is 0 Å². The maximum absolute atomic E-state index is 12.4. The highest BCUT2D eigenvalue weighted by molar-refractivity contribution is 6.10. The standard InChI is InChI=1S/C22H17NO3/c1-15-18-10-4-5-12-20(18)22(25)23(15)13-21(24)26-14-17-9-6-8-16-7-2-3-11-19(16)17/h2-12H,1,13-14H2. The molecule has 26 heavy (non-hydrogen) atoms. The Labute approximate surface area is 151 Å². The second kappa shape index (κ2) is 6.48. The van der Waals surface area contributed by atoms with Crippen LogP contribution in [-0.4, -0.2) is 23.3 Å². The molecule has 1 amide bonds. The molecule has 0 radical (unpaired) electrons. The van der Waals surface area contributed by atoms with E-state index in [0.717, 1.165) is 21.9 Å². The Morgan fingerprint density at radius 1 is 0.923 bits per heavy atom. The van der Waals surface area contributed by atoms with E-state index in [0.29, 0.717) is 11.3 Å². The van der Waals surface area contributed by atoms with Gasteiger partial charge in [0.1, 0.15) is 13.2 Å². The Bertz CT molecular complexity index is 998. The van der Waals surface area contributed by atoms with Crippen LogP contribution >= 0.6 is 0 Å². The Balaban J connectivity index is 1.45. The molecular weight excluding hydrogens is 326 g/mol. The zero-order chi connectivity index (χ0) is 18.1. The number of carbonyl (C=O) groups is 2. The molecule has 0 fully saturated rings. The van der Waals surface area contributed by atoms with E-state index in [4.69, 9.17) is 4.74 Å². The van der Waals surface area contributed by atoms with E-state index < -0.39 is 5.97 Å². The van der Waals surface area contributed by atoms with Crippen molar-refractivity contribution in [3.63, 3.8) is 0 Å². The first-order valence-corrected chi connectivity index (χ1v) is 8.37. The van der Waals surface area contributed by atoms with Gasteiger partial charge < -0.3 is 4.74 Å². The maximum Gasteiger partial charge on any atom is 0.326 e. The average Bonchev–Trinajstić information content (AvgIpc) is 2.91. The number of hydrogen-bond acceptors (Lipinski definition) is 3. The quantitative estimate of drug-likeness (QED) is 0.673. The van der Waals surface area contributed by atoms with Crippen molar-refractivity contribution in [1.29, 1.82) is 0 Å². The monoisotopic (exact) mass is 343 g/mol. The van der Waals surface area contributed by atoms with Gasteiger partial charge in [0.15, 0.2) is 0 Å². The van der Waals surface area contributed by atoms with Crippen molar-refractivity contribution in [2.75, 3.05) is 6.54 Å². The molecule has 4 heteroatoms. The molecular formula is C22H17NO3. The highest BCUT2D eigenvalue weighted by Gasteiger charge is 2.32. The van der Waals surface area contributed by atoms with Crippen LogP contribution in [0.2, 0.25) is 0 Å². The predicted molar refractivity (Wildman–Crippen MR) is 100 cm³/mol. The molecule has 0 N–H and O–H groups in total. The fraction of sp³-hybridized carbons (Fsp3) is 0.0909. The molecule has 0 atom stereocenters. The summed E-state index contributed by atoms with van der Waals surface area (Å²) in [7, 11) is 0. The Morgan fingerprint density at radius 3 is 2.42 bits per heavy atom. The molecule has 4 nitrogen and oxygen atoms in total. The summed E-state index contributed by atoms with van der Waals surface area (Å²) in [6, 6.07) is 21.1. The third-order valence-electron chi connectivity index (χ3n) is 4.60. The van der Waals surface area contributed by atoms with Gasteiger partial charge in [0.05, 0.1) is 0 Å². The van der Waals surface area contributed by atoms with Crippen LogP contribution in [0.15, 0.2) is 73.3 Å². The van der Waals surface area contributed by atoms with E-state index in [2.05, 4.69) is 6.58 Å². The summed E-state index contributed by atoms with van der Waals surface area (Å²) in [6.07, 6.45) is 0. The predicted octanol–water partition coefficient (Wildman–Crippen LogP) is 4.01. The van der Waals surface area contributed by atoms with E-state index in [1.54, 1.807) is 12.1 Å². The lowest BCUT2D eigenvalue weighted by molar-refractivity contribution is -0.145. The summed E-state index contributed by atoms with van der Waals surface area (Å²) in [4.78, 5) is 26.1. The zero-order valence-corrected chi connectivity index (χ0v) is 14.1. The number of ether oxygens (including phenoxy) is 1. The van der Waals surface area contributed by atoms with E-state index in [-0.39, 0.29) is 19.1 Å². The summed E-state index contributed by atoms with van der Waals surface area (Å²) in [5.74, 6) is -0.673. The average molecular weight is 343 g/mol. The van der Waals surface area contributed by atoms with Crippen LogP contribution in [0.5, 0.6) is 0 Å². The van der Waals surface area contributed by atoms with Crippen LogP contribution in [0, 0.1) is 0 Å². The van der Waals surface area contributed by atoms with Crippen molar-refractivity contribution < 1.29 is 14.3 Å². The normalized spacial score (nSPS) is 13.2. The minimum Gasteiger partial charge on any atom is -0.459 e.